The smallest absolute Gasteiger partial charge is 0.428 e. The minimum atomic E-state index is -4.66. The van der Waals surface area contributed by atoms with Gasteiger partial charge in [0.2, 0.25) is 5.91 Å². The second-order valence-corrected chi connectivity index (χ2v) is 7.12. The highest BCUT2D eigenvalue weighted by Gasteiger charge is 2.44. The number of primary amides is 1. The number of carbonyl (C=O) groups excluding carboxylic acids is 2. The summed E-state index contributed by atoms with van der Waals surface area (Å²) in [4.78, 5) is 26.3. The molecule has 0 saturated carbocycles. The molecular formula is C20H19ClF4N2O3. The van der Waals surface area contributed by atoms with E-state index >= 15 is 0 Å². The summed E-state index contributed by atoms with van der Waals surface area (Å²) in [7, 11) is 0. The average molecular weight is 447 g/mol. The summed E-state index contributed by atoms with van der Waals surface area (Å²) in [5.41, 5.74) is 5.76. The van der Waals surface area contributed by atoms with Crippen LogP contribution in [-0.2, 0) is 0 Å². The number of alkyl halides is 4. The number of benzene rings is 2. The lowest BCUT2D eigenvalue weighted by atomic mass is 10.0. The molecule has 0 radical (unpaired) electrons. The Balaban J connectivity index is 2.50. The van der Waals surface area contributed by atoms with Crippen LogP contribution in [-0.4, -0.2) is 30.4 Å². The second-order valence-electron chi connectivity index (χ2n) is 6.71. The van der Waals surface area contributed by atoms with Crippen LogP contribution in [0.3, 0.4) is 0 Å². The largest absolute Gasteiger partial charge is 0.461 e. The maximum atomic E-state index is 13.3. The van der Waals surface area contributed by atoms with Crippen molar-refractivity contribution in [2.45, 2.75) is 39.3 Å². The predicted octanol–water partition coefficient (Wildman–Crippen LogP) is 5.04. The molecular weight excluding hydrogens is 428 g/mol. The Morgan fingerprint density at radius 2 is 1.80 bits per heavy atom. The maximum absolute atomic E-state index is 13.3. The number of rotatable bonds is 7. The van der Waals surface area contributed by atoms with Gasteiger partial charge in [-0.1, -0.05) is 17.7 Å². The van der Waals surface area contributed by atoms with Crippen molar-refractivity contribution >= 4 is 29.1 Å². The molecule has 2 aromatic rings. The van der Waals surface area contributed by atoms with E-state index in [0.29, 0.717) is 5.56 Å². The van der Waals surface area contributed by atoms with E-state index in [1.54, 1.807) is 13.8 Å². The highest BCUT2D eigenvalue weighted by atomic mass is 35.5. The number of anilines is 1. The normalized spacial score (nSPS) is 11.7. The van der Waals surface area contributed by atoms with Gasteiger partial charge in [-0.05, 0) is 56.7 Å². The van der Waals surface area contributed by atoms with E-state index in [2.05, 4.69) is 4.74 Å². The third-order valence-electron chi connectivity index (χ3n) is 4.16. The SMILES string of the molecule is Cc1cc(OC(F)(F)C(F)F)ccc1N(C(=O)c1c(Cl)cccc1C(N)=O)C(C)C. The van der Waals surface area contributed by atoms with Crippen LogP contribution in [0.2, 0.25) is 5.02 Å². The van der Waals surface area contributed by atoms with Crippen LogP contribution in [0, 0.1) is 6.92 Å². The molecule has 0 saturated heterocycles. The van der Waals surface area contributed by atoms with E-state index in [0.717, 1.165) is 12.1 Å². The Labute approximate surface area is 175 Å². The van der Waals surface area contributed by atoms with Gasteiger partial charge in [0, 0.05) is 11.7 Å². The Kier molecular flexibility index (Phi) is 6.97. The summed E-state index contributed by atoms with van der Waals surface area (Å²) < 4.78 is 55.2. The summed E-state index contributed by atoms with van der Waals surface area (Å²) >= 11 is 6.14. The van der Waals surface area contributed by atoms with Crippen LogP contribution >= 0.6 is 11.6 Å². The first-order valence-electron chi connectivity index (χ1n) is 8.74. The minimum absolute atomic E-state index is 0.0103. The van der Waals surface area contributed by atoms with Gasteiger partial charge in [0.15, 0.2) is 0 Å². The van der Waals surface area contributed by atoms with Gasteiger partial charge < -0.3 is 15.4 Å². The van der Waals surface area contributed by atoms with Crippen molar-refractivity contribution in [3.8, 4) is 5.75 Å². The monoisotopic (exact) mass is 446 g/mol. The molecule has 2 amide bonds. The lowest BCUT2D eigenvalue weighted by molar-refractivity contribution is -0.253. The summed E-state index contributed by atoms with van der Waals surface area (Å²) in [6.45, 7) is 4.87. The molecule has 0 aliphatic carbocycles. The van der Waals surface area contributed by atoms with Crippen LogP contribution in [0.5, 0.6) is 5.75 Å². The van der Waals surface area contributed by atoms with Crippen molar-refractivity contribution < 1.29 is 31.9 Å². The standard InChI is InChI=1S/C20H19ClF4N2O3/c1-10(2)27(18(29)16-13(17(26)28)5-4-6-14(16)21)15-8-7-12(9-11(15)3)30-20(24,25)19(22)23/h4-10,19H,1-3H3,(H2,26,28). The van der Waals surface area contributed by atoms with Crippen molar-refractivity contribution in [3.63, 3.8) is 0 Å². The fourth-order valence-electron chi connectivity index (χ4n) is 2.85. The first-order chi connectivity index (χ1) is 13.9. The van der Waals surface area contributed by atoms with Crippen molar-refractivity contribution in [1.29, 1.82) is 0 Å². The Morgan fingerprint density at radius 3 is 2.30 bits per heavy atom. The predicted molar refractivity (Wildman–Crippen MR) is 105 cm³/mol. The number of nitrogens with two attached hydrogens (primary N) is 1. The second kappa shape index (κ2) is 8.91. The third-order valence-corrected chi connectivity index (χ3v) is 4.48. The van der Waals surface area contributed by atoms with Gasteiger partial charge in [0.25, 0.3) is 5.91 Å². The van der Waals surface area contributed by atoms with Crippen LogP contribution in [0.25, 0.3) is 0 Å². The van der Waals surface area contributed by atoms with E-state index in [9.17, 15) is 27.2 Å². The zero-order chi connectivity index (χ0) is 22.8. The van der Waals surface area contributed by atoms with Crippen molar-refractivity contribution in [3.05, 3.63) is 58.1 Å². The summed E-state index contributed by atoms with van der Waals surface area (Å²) in [5, 5.41) is 0.0103. The van der Waals surface area contributed by atoms with Gasteiger partial charge in [0.1, 0.15) is 5.75 Å². The molecule has 0 heterocycles. The van der Waals surface area contributed by atoms with Crippen molar-refractivity contribution in [1.82, 2.24) is 0 Å². The van der Waals surface area contributed by atoms with Crippen LogP contribution in [0.15, 0.2) is 36.4 Å². The fourth-order valence-corrected chi connectivity index (χ4v) is 3.11. The molecule has 0 aliphatic heterocycles. The fraction of sp³-hybridized carbons (Fsp3) is 0.300. The first kappa shape index (κ1) is 23.5. The average Bonchev–Trinajstić information content (AvgIpc) is 2.62. The molecule has 10 heteroatoms. The quantitative estimate of drug-likeness (QED) is 0.606. The summed E-state index contributed by atoms with van der Waals surface area (Å²) in [6, 6.07) is 7.25. The van der Waals surface area contributed by atoms with E-state index in [1.165, 1.54) is 36.1 Å². The zero-order valence-electron chi connectivity index (χ0n) is 16.3. The van der Waals surface area contributed by atoms with Crippen LogP contribution in [0.4, 0.5) is 23.2 Å². The van der Waals surface area contributed by atoms with Crippen molar-refractivity contribution in [2.75, 3.05) is 4.90 Å². The molecule has 0 bridgehead atoms. The summed E-state index contributed by atoms with van der Waals surface area (Å²) in [5.74, 6) is -1.98. The lowest BCUT2D eigenvalue weighted by Gasteiger charge is -2.30. The molecule has 0 aromatic heterocycles. The molecule has 2 N–H and O–H groups in total. The highest BCUT2D eigenvalue weighted by Crippen LogP contribution is 2.33. The zero-order valence-corrected chi connectivity index (χ0v) is 17.0. The molecule has 2 aromatic carbocycles. The molecule has 5 nitrogen and oxygen atoms in total. The van der Waals surface area contributed by atoms with Gasteiger partial charge in [-0.2, -0.15) is 17.6 Å². The van der Waals surface area contributed by atoms with Gasteiger partial charge in [-0.25, -0.2) is 0 Å². The number of nitrogens with zero attached hydrogens (tertiary/aromatic N) is 1. The number of carbonyl (C=O) groups is 2. The van der Waals surface area contributed by atoms with Gasteiger partial charge in [0.05, 0.1) is 16.1 Å². The van der Waals surface area contributed by atoms with Crippen LogP contribution < -0.4 is 15.4 Å². The molecule has 30 heavy (non-hydrogen) atoms. The molecule has 2 rings (SSSR count). The van der Waals surface area contributed by atoms with E-state index in [4.69, 9.17) is 17.3 Å². The number of ether oxygens (including phenoxy) is 1. The Hall–Kier alpha value is -2.81. The Bertz CT molecular complexity index is 967. The maximum Gasteiger partial charge on any atom is 0.461 e. The third kappa shape index (κ3) is 4.84. The number of amides is 2. The van der Waals surface area contributed by atoms with Crippen molar-refractivity contribution in [2.24, 2.45) is 5.73 Å². The van der Waals surface area contributed by atoms with Gasteiger partial charge >= 0.3 is 12.5 Å². The van der Waals surface area contributed by atoms with Gasteiger partial charge in [-0.3, -0.25) is 9.59 Å². The number of hydrogen-bond donors (Lipinski definition) is 1. The molecule has 162 valence electrons. The topological polar surface area (TPSA) is 72.6 Å². The van der Waals surface area contributed by atoms with Crippen LogP contribution in [0.1, 0.15) is 40.1 Å². The first-order valence-corrected chi connectivity index (χ1v) is 9.12. The van der Waals surface area contributed by atoms with E-state index in [1.807, 2.05) is 0 Å². The molecule has 0 atom stereocenters. The molecule has 0 fully saturated rings. The van der Waals surface area contributed by atoms with E-state index < -0.39 is 36.1 Å². The molecule has 0 aliphatic rings. The Morgan fingerprint density at radius 1 is 1.17 bits per heavy atom. The molecule has 0 unspecified atom stereocenters. The number of aryl methyl sites for hydroxylation is 1. The summed E-state index contributed by atoms with van der Waals surface area (Å²) in [6.07, 6.45) is -8.66. The van der Waals surface area contributed by atoms with Gasteiger partial charge in [-0.15, -0.1) is 0 Å². The minimum Gasteiger partial charge on any atom is -0.428 e. The van der Waals surface area contributed by atoms with E-state index in [-0.39, 0.29) is 21.8 Å². The number of halogens is 5. The number of hydrogen-bond acceptors (Lipinski definition) is 3. The molecule has 0 spiro atoms. The lowest BCUT2D eigenvalue weighted by Crippen LogP contribution is -2.39. The highest BCUT2D eigenvalue weighted by molar-refractivity contribution is 6.35.